The molecule has 0 aromatic heterocycles. The highest BCUT2D eigenvalue weighted by Gasteiger charge is 2.26. The SMILES string of the molecule is CCCCCCC(NC)C(=O)O.CCCCCCCC.CN.CN(CC=O)CC=O.CNCCOCCOC1CCC(O)[C@H](C)O1.CO.O=CCCC=O.O=CO. The third kappa shape index (κ3) is 71.4. The van der Waals surface area contributed by atoms with Gasteiger partial charge in [-0.25, -0.2) is 0 Å². The minimum absolute atomic E-state index is 0.135. The molecule has 8 N–H and O–H groups in total. The van der Waals surface area contributed by atoms with E-state index in [0.717, 1.165) is 70.9 Å². The lowest BCUT2D eigenvalue weighted by molar-refractivity contribution is -0.220. The summed E-state index contributed by atoms with van der Waals surface area (Å²) in [6, 6.07) is -0.359. The Morgan fingerprint density at radius 3 is 1.61 bits per heavy atom. The average molecular weight is 831 g/mol. The zero-order valence-electron chi connectivity index (χ0n) is 37.0. The van der Waals surface area contributed by atoms with E-state index in [2.05, 4.69) is 37.1 Å². The van der Waals surface area contributed by atoms with E-state index in [0.29, 0.717) is 45.8 Å². The molecule has 0 bridgehead atoms. The summed E-state index contributed by atoms with van der Waals surface area (Å²) in [5.74, 6) is -0.742. The number of ether oxygens (including phenoxy) is 3. The van der Waals surface area contributed by atoms with Gasteiger partial charge in [-0.05, 0) is 48.0 Å². The van der Waals surface area contributed by atoms with Crippen LogP contribution in [0.2, 0.25) is 0 Å². The maximum atomic E-state index is 10.5. The van der Waals surface area contributed by atoms with Crippen molar-refractivity contribution in [3.8, 4) is 0 Å². The Hall–Kier alpha value is -2.74. The third-order valence-corrected chi connectivity index (χ3v) is 7.26. The number of nitrogens with two attached hydrogens (primary N) is 1. The minimum atomic E-state index is -0.742. The molecular weight excluding hydrogens is 744 g/mol. The van der Waals surface area contributed by atoms with Gasteiger partial charge in [-0.2, -0.15) is 0 Å². The standard InChI is InChI=1S/C11H23NO4.C9H19NO2.C8H18.C5H9NO2.C4H6O2.CH5N.CH2O2.CH4O/c1-9-10(13)3-4-11(16-9)15-8-7-14-6-5-12-2;1-3-4-5-6-7-8(10-2)9(11)12;1-3-5-7-8-6-4-2;1-6(2-4-7)3-5-8;5-3-1-2-4-6;1-2;2-1-3;1-2/h9-13H,3-8H2,1-2H3;8,10H,3-7H2,1-2H3,(H,11,12);3-8H2,1-2H3;4-5H,2-3H2,1H3;3-4H,1-2H2;2H2,1H3;1H,(H,2,3);2H,1H3/t9-,10?,11?;;;;;;;/m0......./s1. The van der Waals surface area contributed by atoms with Crippen LogP contribution >= 0.6 is 0 Å². The molecule has 4 atom stereocenters. The van der Waals surface area contributed by atoms with Crippen LogP contribution < -0.4 is 16.4 Å². The van der Waals surface area contributed by atoms with E-state index < -0.39 is 5.97 Å². The fourth-order valence-corrected chi connectivity index (χ4v) is 4.06. The molecule has 0 radical (unpaired) electrons. The Bertz CT molecular complexity index is 764. The Labute approximate surface area is 345 Å². The highest BCUT2D eigenvalue weighted by atomic mass is 16.7. The summed E-state index contributed by atoms with van der Waals surface area (Å²) >= 11 is 0. The molecule has 1 aliphatic rings. The van der Waals surface area contributed by atoms with Crippen LogP contribution in [0.5, 0.6) is 0 Å². The van der Waals surface area contributed by atoms with Crippen LogP contribution in [-0.4, -0.2) is 162 Å². The van der Waals surface area contributed by atoms with Gasteiger partial charge in [0, 0.05) is 32.9 Å². The number of aliphatic hydroxyl groups is 2. The predicted molar refractivity (Wildman–Crippen MR) is 226 cm³/mol. The number of nitrogens with zero attached hydrogens (tertiary/aromatic N) is 1. The molecule has 1 saturated heterocycles. The molecule has 0 aliphatic carbocycles. The predicted octanol–water partition coefficient (Wildman–Crippen LogP) is 3.49. The molecule has 0 aromatic carbocycles. The van der Waals surface area contributed by atoms with Gasteiger partial charge in [-0.1, -0.05) is 85.0 Å². The van der Waals surface area contributed by atoms with E-state index >= 15 is 0 Å². The zero-order valence-corrected chi connectivity index (χ0v) is 37.0. The maximum Gasteiger partial charge on any atom is 0.320 e. The van der Waals surface area contributed by atoms with Gasteiger partial charge in [0.2, 0.25) is 0 Å². The van der Waals surface area contributed by atoms with Crippen molar-refractivity contribution >= 4 is 37.6 Å². The first-order valence-corrected chi connectivity index (χ1v) is 20.1. The van der Waals surface area contributed by atoms with E-state index in [1.165, 1.54) is 58.4 Å². The van der Waals surface area contributed by atoms with E-state index in [-0.39, 0.29) is 31.0 Å². The Kier molecular flexibility index (Phi) is 82.2. The van der Waals surface area contributed by atoms with Gasteiger partial charge in [0.15, 0.2) is 6.29 Å². The molecule has 1 heterocycles. The van der Waals surface area contributed by atoms with Gasteiger partial charge < -0.3 is 70.2 Å². The molecule has 1 rings (SSSR count). The van der Waals surface area contributed by atoms with Gasteiger partial charge in [-0.15, -0.1) is 0 Å². The lowest BCUT2D eigenvalue weighted by atomic mass is 10.1. The number of unbranched alkanes of at least 4 members (excludes halogenated alkanes) is 9. The van der Waals surface area contributed by atoms with Gasteiger partial charge in [0.25, 0.3) is 6.47 Å². The molecule has 0 aromatic rings. The molecule has 17 heteroatoms. The summed E-state index contributed by atoms with van der Waals surface area (Å²) in [6.45, 7) is 11.6. The first kappa shape index (κ1) is 68.9. The van der Waals surface area contributed by atoms with Crippen molar-refractivity contribution in [2.75, 3.05) is 74.8 Å². The van der Waals surface area contributed by atoms with E-state index in [9.17, 15) is 29.1 Å². The number of carboxylic acid groups (broad SMARTS) is 2. The number of hydrogen-bond acceptors (Lipinski definition) is 15. The molecule has 0 amide bonds. The molecule has 3 unspecified atom stereocenters. The molecule has 344 valence electrons. The Morgan fingerprint density at radius 1 is 0.807 bits per heavy atom. The summed E-state index contributed by atoms with van der Waals surface area (Å²) in [5, 5.41) is 37.8. The number of aliphatic carboxylic acids is 1. The van der Waals surface area contributed by atoms with Crippen LogP contribution in [0.15, 0.2) is 0 Å². The number of carbonyl (C=O) groups is 6. The summed E-state index contributed by atoms with van der Waals surface area (Å²) in [5.41, 5.74) is 4.50. The minimum Gasteiger partial charge on any atom is -0.483 e. The lowest BCUT2D eigenvalue weighted by Crippen LogP contribution is -2.38. The van der Waals surface area contributed by atoms with Crippen molar-refractivity contribution in [3.05, 3.63) is 0 Å². The number of aliphatic hydroxyl groups excluding tert-OH is 2. The Balaban J connectivity index is -0.000000109. The van der Waals surface area contributed by atoms with E-state index in [4.69, 9.17) is 34.3 Å². The summed E-state index contributed by atoms with van der Waals surface area (Å²) in [7, 11) is 7.80. The molecule has 1 fully saturated rings. The largest absolute Gasteiger partial charge is 0.483 e. The molecule has 1 aliphatic heterocycles. The number of carboxylic acids is 1. The van der Waals surface area contributed by atoms with Crippen molar-refractivity contribution in [1.29, 1.82) is 0 Å². The normalized spacial score (nSPS) is 15.1. The van der Waals surface area contributed by atoms with Crippen LogP contribution in [0, 0.1) is 0 Å². The van der Waals surface area contributed by atoms with E-state index in [1.54, 1.807) is 19.0 Å². The number of aldehydes is 4. The maximum absolute atomic E-state index is 10.5. The van der Waals surface area contributed by atoms with Crippen molar-refractivity contribution in [3.63, 3.8) is 0 Å². The Morgan fingerprint density at radius 2 is 1.26 bits per heavy atom. The van der Waals surface area contributed by atoms with Crippen LogP contribution in [0.1, 0.15) is 124 Å². The number of hydrogen-bond donors (Lipinski definition) is 7. The second-order valence-corrected chi connectivity index (χ2v) is 12.0. The number of likely N-dealkylation sites (N-methyl/N-ethyl adjacent to an activating group) is 3. The van der Waals surface area contributed by atoms with E-state index in [1.807, 2.05) is 14.0 Å². The monoisotopic (exact) mass is 831 g/mol. The van der Waals surface area contributed by atoms with Gasteiger partial charge in [0.05, 0.1) is 45.1 Å². The second kappa shape index (κ2) is 68.0. The van der Waals surface area contributed by atoms with Crippen molar-refractivity contribution in [2.45, 2.75) is 149 Å². The van der Waals surface area contributed by atoms with Gasteiger partial charge >= 0.3 is 5.97 Å². The van der Waals surface area contributed by atoms with Crippen LogP contribution in [0.3, 0.4) is 0 Å². The molecule has 0 spiro atoms. The highest BCUT2D eigenvalue weighted by molar-refractivity contribution is 5.73. The summed E-state index contributed by atoms with van der Waals surface area (Å²) < 4.78 is 16.3. The highest BCUT2D eigenvalue weighted by Crippen LogP contribution is 2.19. The number of rotatable bonds is 26. The first-order valence-electron chi connectivity index (χ1n) is 20.1. The van der Waals surface area contributed by atoms with Crippen molar-refractivity contribution in [2.24, 2.45) is 5.73 Å². The smallest absolute Gasteiger partial charge is 0.320 e. The van der Waals surface area contributed by atoms with Crippen LogP contribution in [-0.2, 0) is 43.0 Å². The zero-order chi connectivity index (χ0) is 45.4. The summed E-state index contributed by atoms with van der Waals surface area (Å²) in [4.78, 5) is 58.8. The average Bonchev–Trinajstić information content (AvgIpc) is 3.21. The quantitative estimate of drug-likeness (QED) is 0.0486. The topological polar surface area (TPSA) is 264 Å². The first-order chi connectivity index (χ1) is 27.5. The van der Waals surface area contributed by atoms with Gasteiger partial charge in [-0.3, -0.25) is 14.5 Å². The van der Waals surface area contributed by atoms with Gasteiger partial charge in [0.1, 0.15) is 31.2 Å². The van der Waals surface area contributed by atoms with Crippen LogP contribution in [0.4, 0.5) is 0 Å². The lowest BCUT2D eigenvalue weighted by Gasteiger charge is -2.31. The second-order valence-electron chi connectivity index (χ2n) is 12.0. The van der Waals surface area contributed by atoms with Crippen molar-refractivity contribution in [1.82, 2.24) is 15.5 Å². The number of nitrogens with one attached hydrogen (secondary N) is 2. The molecule has 0 saturated carbocycles. The molecule has 17 nitrogen and oxygen atoms in total. The summed E-state index contributed by atoms with van der Waals surface area (Å²) in [6.07, 6.45) is 18.3. The fourth-order valence-electron chi connectivity index (χ4n) is 4.06. The van der Waals surface area contributed by atoms with Crippen LogP contribution in [0.25, 0.3) is 0 Å². The number of carbonyl (C=O) groups excluding carboxylic acids is 4. The molecule has 57 heavy (non-hydrogen) atoms. The third-order valence-electron chi connectivity index (χ3n) is 7.26. The van der Waals surface area contributed by atoms with Crippen molar-refractivity contribution < 1.29 is 63.4 Å². The molecular formula is C40H86N4O13. The fraction of sp³-hybridized carbons (Fsp3) is 0.850.